The Labute approximate surface area is 132 Å². The Kier molecular flexibility index (Phi) is 4.11. The number of nitrogens with zero attached hydrogens (tertiary/aromatic N) is 1. The third kappa shape index (κ3) is 2.97. The van der Waals surface area contributed by atoms with E-state index in [1.807, 2.05) is 30.3 Å². The van der Waals surface area contributed by atoms with Gasteiger partial charge in [0, 0.05) is 22.9 Å². The van der Waals surface area contributed by atoms with Crippen molar-refractivity contribution in [3.8, 4) is 0 Å². The van der Waals surface area contributed by atoms with Crippen LogP contribution in [-0.4, -0.2) is 17.6 Å². The van der Waals surface area contributed by atoms with Gasteiger partial charge in [0.15, 0.2) is 0 Å². The molecule has 0 unspecified atom stereocenters. The third-order valence-electron chi connectivity index (χ3n) is 3.28. The number of pyridine rings is 1. The van der Waals surface area contributed by atoms with Gasteiger partial charge >= 0.3 is 5.97 Å². The molecule has 0 aliphatic heterocycles. The Morgan fingerprint density at radius 2 is 2.18 bits per heavy atom. The van der Waals surface area contributed by atoms with Gasteiger partial charge in [0.2, 0.25) is 5.76 Å². The van der Waals surface area contributed by atoms with Crippen molar-refractivity contribution in [3.05, 3.63) is 64.8 Å². The normalized spacial score (nSPS) is 10.8. The van der Waals surface area contributed by atoms with E-state index in [0.717, 1.165) is 22.0 Å². The number of furan rings is 1. The number of aromatic nitrogens is 1. The van der Waals surface area contributed by atoms with Gasteiger partial charge in [-0.3, -0.25) is 0 Å². The molecule has 1 aromatic carbocycles. The van der Waals surface area contributed by atoms with Crippen LogP contribution < -0.4 is 0 Å². The van der Waals surface area contributed by atoms with Gasteiger partial charge in [0.05, 0.1) is 12.9 Å². The molecule has 0 N–H and O–H groups in total. The number of fused-ring (bicyclic) bond motifs is 1. The predicted molar refractivity (Wildman–Crippen MR) is 84.2 cm³/mol. The number of carbonyl (C=O) groups is 1. The summed E-state index contributed by atoms with van der Waals surface area (Å²) in [4.78, 5) is 16.1. The summed E-state index contributed by atoms with van der Waals surface area (Å²) >= 11 is 5.90. The zero-order valence-electron chi connectivity index (χ0n) is 12.0. The summed E-state index contributed by atoms with van der Waals surface area (Å²) in [6, 6.07) is 11.3. The number of benzene rings is 1. The quantitative estimate of drug-likeness (QED) is 0.533. The van der Waals surface area contributed by atoms with Crippen LogP contribution in [0, 0.1) is 0 Å². The fraction of sp³-hybridized carbons (Fsp3) is 0.176. The first kappa shape index (κ1) is 14.6. The maximum Gasteiger partial charge on any atom is 0.374 e. The molecule has 0 saturated carbocycles. The van der Waals surface area contributed by atoms with Crippen molar-refractivity contribution in [1.82, 2.24) is 4.98 Å². The molecule has 0 spiro atoms. The molecular formula is C17H14ClNO3. The molecule has 4 nitrogen and oxygen atoms in total. The zero-order valence-corrected chi connectivity index (χ0v) is 12.8. The first-order chi connectivity index (χ1) is 10.7. The number of halogens is 1. The molecule has 5 heteroatoms. The van der Waals surface area contributed by atoms with Crippen LogP contribution in [0.25, 0.3) is 10.8 Å². The standard InChI is InChI=1S/C17H14ClNO3/c1-2-21-17(20)16-14-7-6-11(8-12(14)10-22-16)9-13-4-3-5-15(18)19-13/h3-8,10H,2,9H2,1H3. The molecule has 3 aromatic rings. The van der Waals surface area contributed by atoms with Gasteiger partial charge in [-0.15, -0.1) is 0 Å². The van der Waals surface area contributed by atoms with Crippen molar-refractivity contribution >= 4 is 28.3 Å². The summed E-state index contributed by atoms with van der Waals surface area (Å²) in [5.74, 6) is -0.203. The fourth-order valence-corrected chi connectivity index (χ4v) is 2.51. The molecule has 0 amide bonds. The molecule has 3 rings (SSSR count). The number of rotatable bonds is 4. The third-order valence-corrected chi connectivity index (χ3v) is 3.49. The van der Waals surface area contributed by atoms with Gasteiger partial charge in [0.25, 0.3) is 0 Å². The molecule has 2 aromatic heterocycles. The first-order valence-electron chi connectivity index (χ1n) is 6.96. The molecule has 0 saturated heterocycles. The van der Waals surface area contributed by atoms with Gasteiger partial charge in [-0.05, 0) is 36.8 Å². The minimum atomic E-state index is -0.443. The molecule has 112 valence electrons. The van der Waals surface area contributed by atoms with Crippen molar-refractivity contribution in [2.24, 2.45) is 0 Å². The first-order valence-corrected chi connectivity index (χ1v) is 7.34. The van der Waals surface area contributed by atoms with Crippen LogP contribution >= 0.6 is 11.6 Å². The Bertz CT molecular complexity index is 826. The van der Waals surface area contributed by atoms with E-state index in [1.165, 1.54) is 0 Å². The summed E-state index contributed by atoms with van der Waals surface area (Å²) in [6.45, 7) is 2.08. The fourth-order valence-electron chi connectivity index (χ4n) is 2.32. The Morgan fingerprint density at radius 3 is 2.95 bits per heavy atom. The van der Waals surface area contributed by atoms with E-state index in [2.05, 4.69) is 4.98 Å². The highest BCUT2D eigenvalue weighted by Crippen LogP contribution is 2.24. The van der Waals surface area contributed by atoms with E-state index in [1.54, 1.807) is 19.3 Å². The zero-order chi connectivity index (χ0) is 15.5. The topological polar surface area (TPSA) is 52.3 Å². The van der Waals surface area contributed by atoms with Crippen LogP contribution in [0.1, 0.15) is 28.7 Å². The lowest BCUT2D eigenvalue weighted by Crippen LogP contribution is -2.03. The molecule has 2 heterocycles. The van der Waals surface area contributed by atoms with E-state index in [9.17, 15) is 4.79 Å². The van der Waals surface area contributed by atoms with Crippen molar-refractivity contribution in [2.45, 2.75) is 13.3 Å². The van der Waals surface area contributed by atoms with Gasteiger partial charge in [-0.25, -0.2) is 9.78 Å². The van der Waals surface area contributed by atoms with Crippen molar-refractivity contribution < 1.29 is 13.9 Å². The Balaban J connectivity index is 1.89. The van der Waals surface area contributed by atoms with E-state index < -0.39 is 5.97 Å². The summed E-state index contributed by atoms with van der Waals surface area (Å²) in [5.41, 5.74) is 1.96. The second-order valence-electron chi connectivity index (χ2n) is 4.84. The van der Waals surface area contributed by atoms with Crippen LogP contribution in [0.2, 0.25) is 5.15 Å². The van der Waals surface area contributed by atoms with Crippen molar-refractivity contribution in [3.63, 3.8) is 0 Å². The number of hydrogen-bond donors (Lipinski definition) is 0. The maximum atomic E-state index is 11.8. The number of ether oxygens (including phenoxy) is 1. The molecular weight excluding hydrogens is 302 g/mol. The lowest BCUT2D eigenvalue weighted by atomic mass is 10.1. The minimum Gasteiger partial charge on any atom is -0.460 e. The number of esters is 1. The SMILES string of the molecule is CCOC(=O)c1occ2cc(Cc3cccc(Cl)n3)ccc12. The minimum absolute atomic E-state index is 0.240. The lowest BCUT2D eigenvalue weighted by Gasteiger charge is -2.02. The summed E-state index contributed by atoms with van der Waals surface area (Å²) in [5, 5.41) is 2.09. The lowest BCUT2D eigenvalue weighted by molar-refractivity contribution is 0.0493. The van der Waals surface area contributed by atoms with Gasteiger partial charge < -0.3 is 9.15 Å². The van der Waals surface area contributed by atoms with Crippen molar-refractivity contribution in [1.29, 1.82) is 0 Å². The van der Waals surface area contributed by atoms with E-state index >= 15 is 0 Å². The Morgan fingerprint density at radius 1 is 1.32 bits per heavy atom. The average Bonchev–Trinajstić information content (AvgIpc) is 2.90. The van der Waals surface area contributed by atoms with E-state index in [0.29, 0.717) is 18.2 Å². The molecule has 0 atom stereocenters. The molecule has 22 heavy (non-hydrogen) atoms. The maximum absolute atomic E-state index is 11.8. The highest BCUT2D eigenvalue weighted by atomic mass is 35.5. The predicted octanol–water partition coefficient (Wildman–Crippen LogP) is 4.25. The van der Waals surface area contributed by atoms with Gasteiger partial charge in [0.1, 0.15) is 5.15 Å². The largest absolute Gasteiger partial charge is 0.460 e. The second-order valence-corrected chi connectivity index (χ2v) is 5.22. The highest BCUT2D eigenvalue weighted by Gasteiger charge is 2.16. The molecule has 0 bridgehead atoms. The van der Waals surface area contributed by atoms with Crippen LogP contribution in [0.15, 0.2) is 47.1 Å². The summed E-state index contributed by atoms with van der Waals surface area (Å²) in [7, 11) is 0. The molecule has 0 radical (unpaired) electrons. The van der Waals surface area contributed by atoms with Crippen LogP contribution in [0.5, 0.6) is 0 Å². The van der Waals surface area contributed by atoms with E-state index in [-0.39, 0.29) is 5.76 Å². The van der Waals surface area contributed by atoms with Crippen LogP contribution in [0.3, 0.4) is 0 Å². The van der Waals surface area contributed by atoms with Crippen LogP contribution in [0.4, 0.5) is 0 Å². The van der Waals surface area contributed by atoms with E-state index in [4.69, 9.17) is 20.8 Å². The average molecular weight is 316 g/mol. The second kappa shape index (κ2) is 6.20. The van der Waals surface area contributed by atoms with Crippen molar-refractivity contribution in [2.75, 3.05) is 6.61 Å². The molecule has 0 aliphatic rings. The summed E-state index contributed by atoms with van der Waals surface area (Å²) < 4.78 is 10.3. The monoisotopic (exact) mass is 315 g/mol. The Hall–Kier alpha value is -2.33. The van der Waals surface area contributed by atoms with Gasteiger partial charge in [-0.1, -0.05) is 23.7 Å². The summed E-state index contributed by atoms with van der Waals surface area (Å²) in [6.07, 6.45) is 2.23. The molecule has 0 aliphatic carbocycles. The van der Waals surface area contributed by atoms with Crippen LogP contribution in [-0.2, 0) is 11.2 Å². The smallest absolute Gasteiger partial charge is 0.374 e. The molecule has 0 fully saturated rings. The number of hydrogen-bond acceptors (Lipinski definition) is 4. The van der Waals surface area contributed by atoms with Gasteiger partial charge in [-0.2, -0.15) is 0 Å². The number of carbonyl (C=O) groups excluding carboxylic acids is 1. The highest BCUT2D eigenvalue weighted by molar-refractivity contribution is 6.29.